The molecule has 0 bridgehead atoms. The van der Waals surface area contributed by atoms with Crippen LogP contribution in [0.5, 0.6) is 0 Å². The largest absolute Gasteiger partial charge is 0.324 e. The van der Waals surface area contributed by atoms with Gasteiger partial charge in [0, 0.05) is 15.8 Å². The summed E-state index contributed by atoms with van der Waals surface area (Å²) in [5, 5.41) is 0. The van der Waals surface area contributed by atoms with Crippen LogP contribution in [0.2, 0.25) is 0 Å². The molecule has 3 heteroatoms. The van der Waals surface area contributed by atoms with Crippen LogP contribution in [0.1, 0.15) is 26.9 Å². The van der Waals surface area contributed by atoms with Crippen molar-refractivity contribution in [3.63, 3.8) is 0 Å². The average Bonchev–Trinajstić information content (AvgIpc) is 2.61. The molecule has 2 rings (SSSR count). The minimum atomic E-state index is -0.174. The lowest BCUT2D eigenvalue weighted by molar-refractivity contribution is 0.593. The smallest absolute Gasteiger partial charge is 0.126 e. The molecule has 1 unspecified atom stereocenters. The predicted molar refractivity (Wildman–Crippen MR) is 70.8 cm³/mol. The van der Waals surface area contributed by atoms with Crippen molar-refractivity contribution in [2.24, 2.45) is 5.73 Å². The van der Waals surface area contributed by atoms with Crippen LogP contribution in [-0.4, -0.2) is 0 Å². The van der Waals surface area contributed by atoms with Gasteiger partial charge in [0.1, 0.15) is 5.82 Å². The van der Waals surface area contributed by atoms with Gasteiger partial charge < -0.3 is 5.73 Å². The molecule has 0 saturated carbocycles. The maximum Gasteiger partial charge on any atom is 0.126 e. The number of benzene rings is 1. The molecule has 1 aromatic carbocycles. The van der Waals surface area contributed by atoms with Gasteiger partial charge in [0.25, 0.3) is 0 Å². The van der Waals surface area contributed by atoms with Crippen molar-refractivity contribution < 1.29 is 4.39 Å². The van der Waals surface area contributed by atoms with E-state index in [1.807, 2.05) is 6.07 Å². The molecule has 0 fully saturated rings. The molecule has 0 spiro atoms. The highest BCUT2D eigenvalue weighted by molar-refractivity contribution is 7.12. The van der Waals surface area contributed by atoms with E-state index >= 15 is 0 Å². The van der Waals surface area contributed by atoms with Crippen LogP contribution < -0.4 is 5.73 Å². The number of halogens is 1. The second-order valence-corrected chi connectivity index (χ2v) is 5.73. The summed E-state index contributed by atoms with van der Waals surface area (Å²) in [6, 6.07) is 8.79. The van der Waals surface area contributed by atoms with Crippen molar-refractivity contribution in [1.29, 1.82) is 0 Å². The molecule has 0 aliphatic heterocycles. The summed E-state index contributed by atoms with van der Waals surface area (Å²) in [6.07, 6.45) is 0.545. The number of nitrogens with two attached hydrogens (primary N) is 1. The van der Waals surface area contributed by atoms with Crippen LogP contribution in [-0.2, 0) is 6.42 Å². The van der Waals surface area contributed by atoms with Gasteiger partial charge in [-0.05, 0) is 43.5 Å². The summed E-state index contributed by atoms with van der Waals surface area (Å²) in [6.45, 7) is 4.13. The standard InChI is InChI=1S/C14H16FNS/c1-9-7-12(10(2)17-9)14(16)8-11-5-3-4-6-13(11)15/h3-7,14H,8,16H2,1-2H3. The monoisotopic (exact) mass is 249 g/mol. The Morgan fingerprint density at radius 3 is 2.59 bits per heavy atom. The number of aryl methyl sites for hydroxylation is 2. The Labute approximate surface area is 105 Å². The van der Waals surface area contributed by atoms with Crippen LogP contribution in [0.3, 0.4) is 0 Å². The molecule has 0 amide bonds. The quantitative estimate of drug-likeness (QED) is 0.881. The molecule has 2 aromatic rings. The zero-order chi connectivity index (χ0) is 12.4. The minimum Gasteiger partial charge on any atom is -0.324 e. The number of hydrogen-bond acceptors (Lipinski definition) is 2. The molecule has 1 heterocycles. The lowest BCUT2D eigenvalue weighted by Crippen LogP contribution is -2.14. The molecular formula is C14H16FNS. The Balaban J connectivity index is 2.20. The highest BCUT2D eigenvalue weighted by Gasteiger charge is 2.14. The lowest BCUT2D eigenvalue weighted by Gasteiger charge is -2.12. The molecule has 0 saturated heterocycles. The SMILES string of the molecule is Cc1cc(C(N)Cc2ccccc2F)c(C)s1. The third-order valence-electron chi connectivity index (χ3n) is 2.88. The Kier molecular flexibility index (Phi) is 3.60. The van der Waals surface area contributed by atoms with E-state index in [1.165, 1.54) is 15.8 Å². The van der Waals surface area contributed by atoms with Gasteiger partial charge in [-0.3, -0.25) is 0 Å². The van der Waals surface area contributed by atoms with Gasteiger partial charge in [0.15, 0.2) is 0 Å². The summed E-state index contributed by atoms with van der Waals surface area (Å²) in [7, 11) is 0. The van der Waals surface area contributed by atoms with Gasteiger partial charge in [0.05, 0.1) is 0 Å². The van der Waals surface area contributed by atoms with Crippen LogP contribution in [0.15, 0.2) is 30.3 Å². The second-order valence-electron chi connectivity index (χ2n) is 4.27. The fourth-order valence-electron chi connectivity index (χ4n) is 2.03. The Hall–Kier alpha value is -1.19. The van der Waals surface area contributed by atoms with Crippen molar-refractivity contribution in [2.45, 2.75) is 26.3 Å². The van der Waals surface area contributed by atoms with Crippen LogP contribution >= 0.6 is 11.3 Å². The van der Waals surface area contributed by atoms with Gasteiger partial charge in [0.2, 0.25) is 0 Å². The van der Waals surface area contributed by atoms with E-state index in [0.717, 1.165) is 5.56 Å². The molecule has 0 aliphatic carbocycles. The molecule has 1 aromatic heterocycles. The van der Waals surface area contributed by atoms with Crippen molar-refractivity contribution in [1.82, 2.24) is 0 Å². The molecular weight excluding hydrogens is 233 g/mol. The van der Waals surface area contributed by atoms with Gasteiger partial charge in [-0.2, -0.15) is 0 Å². The molecule has 90 valence electrons. The second kappa shape index (κ2) is 4.98. The fraction of sp³-hybridized carbons (Fsp3) is 0.286. The van der Waals surface area contributed by atoms with Gasteiger partial charge in [-0.15, -0.1) is 11.3 Å². The van der Waals surface area contributed by atoms with E-state index in [1.54, 1.807) is 23.5 Å². The zero-order valence-electron chi connectivity index (χ0n) is 10.0. The van der Waals surface area contributed by atoms with Crippen molar-refractivity contribution >= 4 is 11.3 Å². The van der Waals surface area contributed by atoms with Crippen LogP contribution in [0, 0.1) is 19.7 Å². The first-order valence-corrected chi connectivity index (χ1v) is 6.45. The minimum absolute atomic E-state index is 0.128. The van der Waals surface area contributed by atoms with E-state index in [-0.39, 0.29) is 11.9 Å². The molecule has 1 nitrogen and oxygen atoms in total. The third kappa shape index (κ3) is 2.73. The summed E-state index contributed by atoms with van der Waals surface area (Å²) in [5.74, 6) is -0.174. The van der Waals surface area contributed by atoms with Crippen LogP contribution in [0.4, 0.5) is 4.39 Å². The van der Waals surface area contributed by atoms with Crippen molar-refractivity contribution in [2.75, 3.05) is 0 Å². The number of hydrogen-bond donors (Lipinski definition) is 1. The summed E-state index contributed by atoms with van der Waals surface area (Å²) in [5.41, 5.74) is 7.97. The van der Waals surface area contributed by atoms with Gasteiger partial charge in [-0.25, -0.2) is 4.39 Å². The Bertz CT molecular complexity index is 519. The average molecular weight is 249 g/mol. The summed E-state index contributed by atoms with van der Waals surface area (Å²) in [4.78, 5) is 2.48. The van der Waals surface area contributed by atoms with E-state index in [4.69, 9.17) is 5.73 Å². The van der Waals surface area contributed by atoms with Gasteiger partial charge in [-0.1, -0.05) is 18.2 Å². The maximum atomic E-state index is 13.5. The van der Waals surface area contributed by atoms with E-state index in [0.29, 0.717) is 12.0 Å². The van der Waals surface area contributed by atoms with E-state index in [2.05, 4.69) is 19.9 Å². The first-order chi connectivity index (χ1) is 8.08. The van der Waals surface area contributed by atoms with Crippen molar-refractivity contribution in [3.8, 4) is 0 Å². The highest BCUT2D eigenvalue weighted by atomic mass is 32.1. The lowest BCUT2D eigenvalue weighted by atomic mass is 10.00. The normalized spacial score (nSPS) is 12.7. The van der Waals surface area contributed by atoms with E-state index < -0.39 is 0 Å². The Morgan fingerprint density at radius 1 is 1.29 bits per heavy atom. The molecule has 2 N–H and O–H groups in total. The van der Waals surface area contributed by atoms with Crippen LogP contribution in [0.25, 0.3) is 0 Å². The Morgan fingerprint density at radius 2 is 2.00 bits per heavy atom. The predicted octanol–water partition coefficient (Wildman–Crippen LogP) is 3.75. The topological polar surface area (TPSA) is 26.0 Å². The number of thiophene rings is 1. The molecule has 1 atom stereocenters. The van der Waals surface area contributed by atoms with E-state index in [9.17, 15) is 4.39 Å². The molecule has 17 heavy (non-hydrogen) atoms. The first kappa shape index (κ1) is 12.3. The fourth-order valence-corrected chi connectivity index (χ4v) is 3.03. The number of rotatable bonds is 3. The maximum absolute atomic E-state index is 13.5. The first-order valence-electron chi connectivity index (χ1n) is 5.64. The molecule has 0 radical (unpaired) electrons. The molecule has 0 aliphatic rings. The zero-order valence-corrected chi connectivity index (χ0v) is 10.9. The van der Waals surface area contributed by atoms with Crippen molar-refractivity contribution in [3.05, 3.63) is 57.0 Å². The third-order valence-corrected chi connectivity index (χ3v) is 3.86. The summed E-state index contributed by atoms with van der Waals surface area (Å²) < 4.78 is 13.5. The highest BCUT2D eigenvalue weighted by Crippen LogP contribution is 2.27. The summed E-state index contributed by atoms with van der Waals surface area (Å²) >= 11 is 1.74. The van der Waals surface area contributed by atoms with Gasteiger partial charge >= 0.3 is 0 Å².